The van der Waals surface area contributed by atoms with Gasteiger partial charge in [-0.05, 0) is 46.3 Å². The van der Waals surface area contributed by atoms with Gasteiger partial charge < -0.3 is 20.4 Å². The van der Waals surface area contributed by atoms with Crippen LogP contribution in [0.15, 0.2) is 4.99 Å². The average molecular weight is 511 g/mol. The lowest BCUT2D eigenvalue weighted by Gasteiger charge is -2.33. The SMILES string of the molecule is CCNC(=NCCN1CCN(C(C)=O)CC1)NC(C)CCCN(CC)CC.I. The van der Waals surface area contributed by atoms with Crippen LogP contribution >= 0.6 is 24.0 Å². The molecule has 1 amide bonds. The summed E-state index contributed by atoms with van der Waals surface area (Å²) in [6.07, 6.45) is 2.35. The molecule has 0 bridgehead atoms. The molecule has 0 aromatic rings. The summed E-state index contributed by atoms with van der Waals surface area (Å²) < 4.78 is 0. The van der Waals surface area contributed by atoms with Crippen LogP contribution < -0.4 is 10.6 Å². The number of nitrogens with zero attached hydrogens (tertiary/aromatic N) is 4. The van der Waals surface area contributed by atoms with Crippen molar-refractivity contribution in [3.05, 3.63) is 0 Å². The predicted octanol–water partition coefficient (Wildman–Crippen LogP) is 1.83. The van der Waals surface area contributed by atoms with E-state index in [-0.39, 0.29) is 29.9 Å². The molecule has 0 aromatic carbocycles. The number of halogens is 1. The number of piperazine rings is 1. The second kappa shape index (κ2) is 16.2. The largest absolute Gasteiger partial charge is 0.357 e. The van der Waals surface area contributed by atoms with E-state index in [1.165, 1.54) is 13.0 Å². The molecule has 8 heteroatoms. The summed E-state index contributed by atoms with van der Waals surface area (Å²) in [6.45, 7) is 20.0. The second-order valence-electron chi connectivity index (χ2n) is 7.32. The van der Waals surface area contributed by atoms with Gasteiger partial charge in [-0.15, -0.1) is 24.0 Å². The molecule has 1 atom stereocenters. The second-order valence-corrected chi connectivity index (χ2v) is 7.32. The van der Waals surface area contributed by atoms with Crippen LogP contribution in [-0.4, -0.2) is 98.1 Å². The van der Waals surface area contributed by atoms with E-state index in [2.05, 4.69) is 48.1 Å². The van der Waals surface area contributed by atoms with Crippen molar-refractivity contribution in [3.63, 3.8) is 0 Å². The van der Waals surface area contributed by atoms with Crippen molar-refractivity contribution < 1.29 is 4.79 Å². The summed E-state index contributed by atoms with van der Waals surface area (Å²) in [5.41, 5.74) is 0. The Morgan fingerprint density at radius 2 is 1.79 bits per heavy atom. The zero-order valence-corrected chi connectivity index (χ0v) is 21.0. The third-order valence-corrected chi connectivity index (χ3v) is 5.24. The van der Waals surface area contributed by atoms with E-state index in [4.69, 9.17) is 4.99 Å². The molecule has 1 aliphatic rings. The van der Waals surface area contributed by atoms with E-state index in [0.29, 0.717) is 6.04 Å². The van der Waals surface area contributed by atoms with Gasteiger partial charge in [0.15, 0.2) is 5.96 Å². The predicted molar refractivity (Wildman–Crippen MR) is 130 cm³/mol. The fourth-order valence-corrected chi connectivity index (χ4v) is 3.38. The molecule has 1 aliphatic heterocycles. The molecule has 166 valence electrons. The molecule has 0 spiro atoms. The van der Waals surface area contributed by atoms with E-state index in [1.54, 1.807) is 6.92 Å². The maximum absolute atomic E-state index is 11.4. The van der Waals surface area contributed by atoms with Gasteiger partial charge in [0, 0.05) is 52.2 Å². The summed E-state index contributed by atoms with van der Waals surface area (Å²) in [4.78, 5) is 22.9. The molecule has 7 nitrogen and oxygen atoms in total. The third kappa shape index (κ3) is 11.4. The Bertz CT molecular complexity index is 436. The zero-order valence-electron chi connectivity index (χ0n) is 18.7. The van der Waals surface area contributed by atoms with Crippen molar-refractivity contribution in [2.75, 3.05) is 65.4 Å². The van der Waals surface area contributed by atoms with Crippen molar-refractivity contribution in [2.24, 2.45) is 4.99 Å². The summed E-state index contributed by atoms with van der Waals surface area (Å²) >= 11 is 0. The van der Waals surface area contributed by atoms with E-state index in [9.17, 15) is 4.79 Å². The first-order valence-corrected chi connectivity index (χ1v) is 10.7. The highest BCUT2D eigenvalue weighted by atomic mass is 127. The van der Waals surface area contributed by atoms with Gasteiger partial charge in [-0.2, -0.15) is 0 Å². The van der Waals surface area contributed by atoms with Gasteiger partial charge in [-0.1, -0.05) is 13.8 Å². The number of rotatable bonds is 11. The third-order valence-electron chi connectivity index (χ3n) is 5.24. The molecular formula is C20H43IN6O. The van der Waals surface area contributed by atoms with Gasteiger partial charge in [0.25, 0.3) is 0 Å². The van der Waals surface area contributed by atoms with Gasteiger partial charge in [-0.3, -0.25) is 14.7 Å². The number of hydrogen-bond donors (Lipinski definition) is 2. The summed E-state index contributed by atoms with van der Waals surface area (Å²) in [5, 5.41) is 6.89. The normalized spacial score (nSPS) is 16.6. The first kappa shape index (κ1) is 27.4. The van der Waals surface area contributed by atoms with E-state index in [1.807, 2.05) is 4.90 Å². The van der Waals surface area contributed by atoms with Crippen molar-refractivity contribution >= 4 is 35.8 Å². The summed E-state index contributed by atoms with van der Waals surface area (Å²) in [6, 6.07) is 0.414. The molecule has 0 saturated carbocycles. The summed E-state index contributed by atoms with van der Waals surface area (Å²) in [5.74, 6) is 1.09. The molecule has 0 radical (unpaired) electrons. The number of amides is 1. The van der Waals surface area contributed by atoms with Crippen molar-refractivity contribution in [1.82, 2.24) is 25.3 Å². The molecule has 0 aliphatic carbocycles. The quantitative estimate of drug-likeness (QED) is 0.252. The first-order chi connectivity index (χ1) is 13.0. The Hall–Kier alpha value is -0.610. The van der Waals surface area contributed by atoms with Crippen LogP contribution in [0.3, 0.4) is 0 Å². The van der Waals surface area contributed by atoms with Gasteiger partial charge in [-0.25, -0.2) is 0 Å². The Balaban J connectivity index is 0.00000729. The Labute approximate surface area is 189 Å². The smallest absolute Gasteiger partial charge is 0.219 e. The number of carbonyl (C=O) groups excluding carboxylic acids is 1. The molecule has 1 unspecified atom stereocenters. The molecule has 0 aromatic heterocycles. The molecule has 28 heavy (non-hydrogen) atoms. The molecular weight excluding hydrogens is 467 g/mol. The lowest BCUT2D eigenvalue weighted by molar-refractivity contribution is -0.130. The zero-order chi connectivity index (χ0) is 20.1. The van der Waals surface area contributed by atoms with Gasteiger partial charge in [0.2, 0.25) is 5.91 Å². The minimum absolute atomic E-state index is 0. The van der Waals surface area contributed by atoms with Gasteiger partial charge in [0.05, 0.1) is 6.54 Å². The highest BCUT2D eigenvalue weighted by molar-refractivity contribution is 14.0. The average Bonchev–Trinajstić information content (AvgIpc) is 2.66. The number of aliphatic imine (C=N–C) groups is 1. The fraction of sp³-hybridized carbons (Fsp3) is 0.900. The Kier molecular flexibility index (Phi) is 15.9. The lowest BCUT2D eigenvalue weighted by atomic mass is 10.2. The van der Waals surface area contributed by atoms with Crippen LogP contribution in [0.2, 0.25) is 0 Å². The van der Waals surface area contributed by atoms with Crippen molar-refractivity contribution in [3.8, 4) is 0 Å². The number of nitrogens with one attached hydrogen (secondary N) is 2. The Morgan fingerprint density at radius 3 is 2.32 bits per heavy atom. The number of guanidine groups is 1. The molecule has 2 N–H and O–H groups in total. The van der Waals surface area contributed by atoms with Crippen LogP contribution in [0.1, 0.15) is 47.5 Å². The molecule has 1 heterocycles. The summed E-state index contributed by atoms with van der Waals surface area (Å²) in [7, 11) is 0. The van der Waals surface area contributed by atoms with Crippen LogP contribution in [0.4, 0.5) is 0 Å². The van der Waals surface area contributed by atoms with Crippen LogP contribution in [-0.2, 0) is 4.79 Å². The molecule has 1 rings (SSSR count). The lowest BCUT2D eigenvalue weighted by Crippen LogP contribution is -2.48. The molecule has 1 saturated heterocycles. The Morgan fingerprint density at radius 1 is 1.14 bits per heavy atom. The maximum Gasteiger partial charge on any atom is 0.219 e. The maximum atomic E-state index is 11.4. The fourth-order valence-electron chi connectivity index (χ4n) is 3.38. The van der Waals surface area contributed by atoms with Crippen LogP contribution in [0.5, 0.6) is 0 Å². The highest BCUT2D eigenvalue weighted by Crippen LogP contribution is 2.02. The van der Waals surface area contributed by atoms with Gasteiger partial charge >= 0.3 is 0 Å². The van der Waals surface area contributed by atoms with Crippen molar-refractivity contribution in [1.29, 1.82) is 0 Å². The first-order valence-electron chi connectivity index (χ1n) is 10.7. The van der Waals surface area contributed by atoms with E-state index < -0.39 is 0 Å². The topological polar surface area (TPSA) is 63.2 Å². The van der Waals surface area contributed by atoms with Crippen LogP contribution in [0, 0.1) is 0 Å². The minimum Gasteiger partial charge on any atom is -0.357 e. The number of hydrogen-bond acceptors (Lipinski definition) is 4. The van der Waals surface area contributed by atoms with Crippen LogP contribution in [0.25, 0.3) is 0 Å². The number of carbonyl (C=O) groups is 1. The molecule has 1 fully saturated rings. The van der Waals surface area contributed by atoms with E-state index in [0.717, 1.165) is 71.3 Å². The van der Waals surface area contributed by atoms with Gasteiger partial charge in [0.1, 0.15) is 0 Å². The standard InChI is InChI=1S/C20H42N6O.HI/c1-6-21-20(23-18(4)10-9-12-24(7-2)8-3)22-11-13-25-14-16-26(17-15-25)19(5)27;/h18H,6-17H2,1-5H3,(H2,21,22,23);1H. The monoisotopic (exact) mass is 510 g/mol. The van der Waals surface area contributed by atoms with E-state index >= 15 is 0 Å². The highest BCUT2D eigenvalue weighted by Gasteiger charge is 2.17. The minimum atomic E-state index is 0. The van der Waals surface area contributed by atoms with Crippen molar-refractivity contribution in [2.45, 2.75) is 53.5 Å².